The van der Waals surface area contributed by atoms with Gasteiger partial charge < -0.3 is 5.73 Å². The average molecular weight is 316 g/mol. The molecule has 2 aromatic rings. The summed E-state index contributed by atoms with van der Waals surface area (Å²) in [5.74, 6) is 0.532. The molecule has 2 rings (SSSR count). The fourth-order valence-corrected chi connectivity index (χ4v) is 2.36. The molecule has 0 fully saturated rings. The lowest BCUT2D eigenvalue weighted by atomic mass is 9.93. The second-order valence-electron chi connectivity index (χ2n) is 4.53. The quantitative estimate of drug-likeness (QED) is 0.758. The molecule has 2 heterocycles. The van der Waals surface area contributed by atoms with E-state index in [0.717, 1.165) is 14.8 Å². The Labute approximate surface area is 102 Å². The van der Waals surface area contributed by atoms with Gasteiger partial charge in [-0.05, 0) is 28.7 Å². The molecule has 0 aliphatic heterocycles. The molecule has 4 nitrogen and oxygen atoms in total. The molecule has 0 atom stereocenters. The van der Waals surface area contributed by atoms with Crippen molar-refractivity contribution in [3.05, 3.63) is 21.7 Å². The van der Waals surface area contributed by atoms with Gasteiger partial charge in [0.2, 0.25) is 0 Å². The minimum atomic E-state index is 0.0487. The Morgan fingerprint density at radius 3 is 2.67 bits per heavy atom. The molecular formula is C10H13IN4. The van der Waals surface area contributed by atoms with Crippen LogP contribution in [0.15, 0.2) is 12.4 Å². The third-order valence-corrected chi connectivity index (χ3v) is 3.13. The number of aromatic nitrogens is 3. The van der Waals surface area contributed by atoms with E-state index in [1.165, 1.54) is 6.33 Å². The van der Waals surface area contributed by atoms with E-state index < -0.39 is 0 Å². The third-order valence-electron chi connectivity index (χ3n) is 2.30. The Kier molecular flexibility index (Phi) is 2.37. The number of nitrogen functional groups attached to an aromatic ring is 1. The van der Waals surface area contributed by atoms with Gasteiger partial charge >= 0.3 is 0 Å². The number of fused-ring (bicyclic) bond motifs is 1. The summed E-state index contributed by atoms with van der Waals surface area (Å²) >= 11 is 2.26. The van der Waals surface area contributed by atoms with E-state index >= 15 is 0 Å². The average Bonchev–Trinajstić information content (AvgIpc) is 2.44. The Balaban J connectivity index is 2.85. The highest BCUT2D eigenvalue weighted by atomic mass is 127. The Morgan fingerprint density at radius 1 is 1.40 bits per heavy atom. The second kappa shape index (κ2) is 3.33. The molecule has 0 bridgehead atoms. The predicted octanol–water partition coefficient (Wildman–Crippen LogP) is 2.21. The van der Waals surface area contributed by atoms with Crippen LogP contribution in [0.3, 0.4) is 0 Å². The van der Waals surface area contributed by atoms with Gasteiger partial charge in [0.15, 0.2) is 5.82 Å². The number of halogens is 1. The van der Waals surface area contributed by atoms with Crippen molar-refractivity contribution in [2.24, 2.45) is 0 Å². The van der Waals surface area contributed by atoms with E-state index in [0.29, 0.717) is 5.82 Å². The highest BCUT2D eigenvalue weighted by molar-refractivity contribution is 14.1. The van der Waals surface area contributed by atoms with Gasteiger partial charge in [0.1, 0.15) is 11.8 Å². The van der Waals surface area contributed by atoms with Gasteiger partial charge in [0.05, 0.1) is 0 Å². The molecule has 5 heteroatoms. The first-order valence-corrected chi connectivity index (χ1v) is 5.77. The molecule has 0 unspecified atom stereocenters. The Bertz CT molecular complexity index is 510. The van der Waals surface area contributed by atoms with Gasteiger partial charge in [-0.1, -0.05) is 20.8 Å². The summed E-state index contributed by atoms with van der Waals surface area (Å²) < 4.78 is 2.97. The Morgan fingerprint density at radius 2 is 2.07 bits per heavy atom. The highest BCUT2D eigenvalue weighted by Gasteiger charge is 2.21. The summed E-state index contributed by atoms with van der Waals surface area (Å²) in [7, 11) is 0. The molecule has 0 aliphatic rings. The first kappa shape index (κ1) is 10.7. The third kappa shape index (κ3) is 1.68. The van der Waals surface area contributed by atoms with Gasteiger partial charge in [-0.3, -0.25) is 0 Å². The number of hydrogen-bond donors (Lipinski definition) is 1. The van der Waals surface area contributed by atoms with Gasteiger partial charge in [-0.2, -0.15) is 5.10 Å². The zero-order valence-electron chi connectivity index (χ0n) is 8.95. The van der Waals surface area contributed by atoms with Crippen molar-refractivity contribution in [3.8, 4) is 0 Å². The van der Waals surface area contributed by atoms with E-state index in [-0.39, 0.29) is 5.41 Å². The van der Waals surface area contributed by atoms with E-state index in [1.54, 1.807) is 0 Å². The second-order valence-corrected chi connectivity index (χ2v) is 5.70. The fourth-order valence-electron chi connectivity index (χ4n) is 1.56. The predicted molar refractivity (Wildman–Crippen MR) is 68.8 cm³/mol. The minimum Gasteiger partial charge on any atom is -0.382 e. The van der Waals surface area contributed by atoms with Crippen LogP contribution in [-0.4, -0.2) is 14.6 Å². The van der Waals surface area contributed by atoms with Crippen LogP contribution in [0, 0.1) is 3.57 Å². The number of rotatable bonds is 0. The molecule has 0 spiro atoms. The molecule has 0 saturated heterocycles. The van der Waals surface area contributed by atoms with Crippen molar-refractivity contribution < 1.29 is 0 Å². The van der Waals surface area contributed by atoms with E-state index in [2.05, 4.69) is 59.5 Å². The lowest BCUT2D eigenvalue weighted by Gasteiger charge is -2.17. The first-order chi connectivity index (χ1) is 6.91. The molecular weight excluding hydrogens is 303 g/mol. The van der Waals surface area contributed by atoms with Crippen LogP contribution in [-0.2, 0) is 5.41 Å². The number of anilines is 1. The highest BCUT2D eigenvalue weighted by Crippen LogP contribution is 2.29. The summed E-state index contributed by atoms with van der Waals surface area (Å²) in [4.78, 5) is 4.00. The molecule has 0 saturated carbocycles. The van der Waals surface area contributed by atoms with Crippen LogP contribution in [0.4, 0.5) is 5.82 Å². The number of nitrogens with zero attached hydrogens (tertiary/aromatic N) is 3. The molecule has 0 aromatic carbocycles. The van der Waals surface area contributed by atoms with E-state index in [4.69, 9.17) is 5.73 Å². The van der Waals surface area contributed by atoms with Crippen LogP contribution in [0.1, 0.15) is 26.5 Å². The topological polar surface area (TPSA) is 56.2 Å². The van der Waals surface area contributed by atoms with Crippen LogP contribution in [0.25, 0.3) is 5.52 Å². The summed E-state index contributed by atoms with van der Waals surface area (Å²) in [6.45, 7) is 6.47. The smallest absolute Gasteiger partial charge is 0.152 e. The maximum absolute atomic E-state index is 5.84. The molecule has 0 aliphatic carbocycles. The minimum absolute atomic E-state index is 0.0487. The lowest BCUT2D eigenvalue weighted by Crippen LogP contribution is -2.15. The van der Waals surface area contributed by atoms with Crippen molar-refractivity contribution in [2.75, 3.05) is 5.73 Å². The summed E-state index contributed by atoms with van der Waals surface area (Å²) in [6.07, 6.45) is 1.49. The zero-order chi connectivity index (χ0) is 11.2. The molecule has 2 aromatic heterocycles. The van der Waals surface area contributed by atoms with Crippen LogP contribution in [0.5, 0.6) is 0 Å². The molecule has 2 N–H and O–H groups in total. The SMILES string of the molecule is CC(C)(C)c1cc(I)c2c(N)ncnn12. The molecule has 0 amide bonds. The fraction of sp³-hybridized carbons (Fsp3) is 0.400. The molecule has 0 radical (unpaired) electrons. The number of hydrogen-bond acceptors (Lipinski definition) is 3. The molecule has 15 heavy (non-hydrogen) atoms. The Hall–Kier alpha value is -0.850. The number of nitrogens with two attached hydrogens (primary N) is 1. The van der Waals surface area contributed by atoms with Crippen molar-refractivity contribution in [1.29, 1.82) is 0 Å². The largest absolute Gasteiger partial charge is 0.382 e. The lowest BCUT2D eigenvalue weighted by molar-refractivity contribution is 0.550. The summed E-state index contributed by atoms with van der Waals surface area (Å²) in [5, 5.41) is 4.25. The van der Waals surface area contributed by atoms with Crippen molar-refractivity contribution >= 4 is 33.9 Å². The monoisotopic (exact) mass is 316 g/mol. The van der Waals surface area contributed by atoms with Crippen molar-refractivity contribution in [1.82, 2.24) is 14.6 Å². The van der Waals surface area contributed by atoms with Gasteiger partial charge in [-0.15, -0.1) is 0 Å². The summed E-state index contributed by atoms with van der Waals surface area (Å²) in [6, 6.07) is 2.11. The van der Waals surface area contributed by atoms with E-state index in [1.807, 2.05) is 4.52 Å². The normalized spacial score (nSPS) is 12.3. The van der Waals surface area contributed by atoms with Crippen LogP contribution < -0.4 is 5.73 Å². The van der Waals surface area contributed by atoms with Crippen LogP contribution in [0.2, 0.25) is 0 Å². The van der Waals surface area contributed by atoms with Gasteiger partial charge in [0.25, 0.3) is 0 Å². The zero-order valence-corrected chi connectivity index (χ0v) is 11.1. The maximum atomic E-state index is 5.84. The van der Waals surface area contributed by atoms with Crippen LogP contribution >= 0.6 is 22.6 Å². The molecule has 80 valence electrons. The van der Waals surface area contributed by atoms with Crippen molar-refractivity contribution in [2.45, 2.75) is 26.2 Å². The maximum Gasteiger partial charge on any atom is 0.152 e. The van der Waals surface area contributed by atoms with Gasteiger partial charge in [0, 0.05) is 14.7 Å². The summed E-state index contributed by atoms with van der Waals surface area (Å²) in [5.41, 5.74) is 7.94. The van der Waals surface area contributed by atoms with Crippen molar-refractivity contribution in [3.63, 3.8) is 0 Å². The van der Waals surface area contributed by atoms with E-state index in [9.17, 15) is 0 Å². The van der Waals surface area contributed by atoms with Gasteiger partial charge in [-0.25, -0.2) is 9.50 Å². The standard InChI is InChI=1S/C10H13IN4/c1-10(2,3)7-4-6(11)8-9(12)13-5-14-15(7)8/h4-5H,1-3H3,(H2,12,13,14). The first-order valence-electron chi connectivity index (χ1n) is 4.69.